The molecular weight excluding hydrogens is 302 g/mol. The molecule has 0 bridgehead atoms. The first-order valence-electron chi connectivity index (χ1n) is 8.07. The number of carbonyl (C=O) groups excluding carboxylic acids is 1. The number of hydrogen-bond donors (Lipinski definition) is 0. The van der Waals surface area contributed by atoms with Crippen molar-refractivity contribution in [3.63, 3.8) is 0 Å². The van der Waals surface area contributed by atoms with Crippen LogP contribution in [0.2, 0.25) is 0 Å². The second kappa shape index (κ2) is 5.86. The van der Waals surface area contributed by atoms with Crippen LogP contribution in [-0.4, -0.2) is 18.6 Å². The maximum Gasteiger partial charge on any atom is 0.373 e. The fraction of sp³-hybridized carbons (Fsp3) is 0.350. The van der Waals surface area contributed by atoms with E-state index >= 15 is 0 Å². The SMILES string of the molecule is COC(=O)c1ccc(CN2c3c(C)cccc3C(C)=CC2(C)C)o1. The molecule has 0 fully saturated rings. The van der Waals surface area contributed by atoms with Gasteiger partial charge in [-0.15, -0.1) is 0 Å². The van der Waals surface area contributed by atoms with E-state index in [1.807, 2.05) is 6.07 Å². The van der Waals surface area contributed by atoms with Crippen molar-refractivity contribution in [1.82, 2.24) is 0 Å². The van der Waals surface area contributed by atoms with Crippen molar-refractivity contribution in [2.24, 2.45) is 0 Å². The minimum absolute atomic E-state index is 0.151. The minimum atomic E-state index is -0.452. The van der Waals surface area contributed by atoms with Gasteiger partial charge in [0.25, 0.3) is 0 Å². The van der Waals surface area contributed by atoms with Crippen LogP contribution in [0.1, 0.15) is 48.2 Å². The fourth-order valence-corrected chi connectivity index (χ4v) is 3.42. The summed E-state index contributed by atoms with van der Waals surface area (Å²) in [5.74, 6) is 0.524. The molecule has 4 nitrogen and oxygen atoms in total. The van der Waals surface area contributed by atoms with Gasteiger partial charge in [-0.25, -0.2) is 4.79 Å². The molecule has 1 aliphatic heterocycles. The number of rotatable bonds is 3. The van der Waals surface area contributed by atoms with Gasteiger partial charge in [-0.2, -0.15) is 0 Å². The number of furan rings is 1. The third-order valence-corrected chi connectivity index (χ3v) is 4.56. The van der Waals surface area contributed by atoms with Gasteiger partial charge in [0.2, 0.25) is 5.76 Å². The topological polar surface area (TPSA) is 42.7 Å². The molecule has 126 valence electrons. The van der Waals surface area contributed by atoms with Crippen LogP contribution in [0.15, 0.2) is 40.8 Å². The van der Waals surface area contributed by atoms with Crippen LogP contribution in [0.5, 0.6) is 0 Å². The molecule has 0 unspecified atom stereocenters. The van der Waals surface area contributed by atoms with E-state index in [4.69, 9.17) is 9.15 Å². The highest BCUT2D eigenvalue weighted by molar-refractivity contribution is 5.86. The molecule has 2 heterocycles. The van der Waals surface area contributed by atoms with E-state index in [9.17, 15) is 4.79 Å². The third-order valence-electron chi connectivity index (χ3n) is 4.56. The van der Waals surface area contributed by atoms with Crippen LogP contribution in [0.4, 0.5) is 5.69 Å². The Morgan fingerprint density at radius 2 is 1.96 bits per heavy atom. The summed E-state index contributed by atoms with van der Waals surface area (Å²) in [5, 5.41) is 0. The predicted octanol–water partition coefficient (Wildman–Crippen LogP) is 4.58. The molecule has 0 aliphatic carbocycles. The second-order valence-electron chi connectivity index (χ2n) is 6.80. The van der Waals surface area contributed by atoms with Crippen LogP contribution < -0.4 is 4.90 Å². The number of para-hydroxylation sites is 1. The largest absolute Gasteiger partial charge is 0.463 e. The molecule has 0 N–H and O–H groups in total. The fourth-order valence-electron chi connectivity index (χ4n) is 3.42. The normalized spacial score (nSPS) is 15.7. The highest BCUT2D eigenvalue weighted by atomic mass is 16.5. The molecule has 1 aliphatic rings. The molecular formula is C20H23NO3. The number of carbonyl (C=O) groups is 1. The number of methoxy groups -OCH3 is 1. The summed E-state index contributed by atoms with van der Waals surface area (Å²) in [7, 11) is 1.35. The number of esters is 1. The lowest BCUT2D eigenvalue weighted by Gasteiger charge is -2.43. The zero-order valence-electron chi connectivity index (χ0n) is 14.8. The molecule has 3 rings (SSSR count). The van der Waals surface area contributed by atoms with Crippen LogP contribution in [0.25, 0.3) is 5.57 Å². The average Bonchev–Trinajstić information content (AvgIpc) is 2.99. The van der Waals surface area contributed by atoms with Gasteiger partial charge in [-0.1, -0.05) is 24.3 Å². The van der Waals surface area contributed by atoms with Crippen molar-refractivity contribution in [2.45, 2.75) is 39.8 Å². The summed E-state index contributed by atoms with van der Waals surface area (Å²) in [4.78, 5) is 13.9. The monoisotopic (exact) mass is 325 g/mol. The van der Waals surface area contributed by atoms with Gasteiger partial charge in [-0.3, -0.25) is 0 Å². The van der Waals surface area contributed by atoms with E-state index in [0.29, 0.717) is 6.54 Å². The van der Waals surface area contributed by atoms with Crippen molar-refractivity contribution in [3.05, 3.63) is 59.1 Å². The van der Waals surface area contributed by atoms with Crippen molar-refractivity contribution in [1.29, 1.82) is 0 Å². The number of nitrogens with zero attached hydrogens (tertiary/aromatic N) is 1. The Hall–Kier alpha value is -2.49. The van der Waals surface area contributed by atoms with Crippen LogP contribution in [-0.2, 0) is 11.3 Å². The van der Waals surface area contributed by atoms with Gasteiger partial charge in [-0.05, 0) is 51.0 Å². The summed E-state index contributed by atoms with van der Waals surface area (Å²) in [6.45, 7) is 9.25. The van der Waals surface area contributed by atoms with E-state index in [-0.39, 0.29) is 11.3 Å². The van der Waals surface area contributed by atoms with E-state index in [0.717, 1.165) is 5.76 Å². The summed E-state index contributed by atoms with van der Waals surface area (Å²) in [6.07, 6.45) is 2.28. The summed E-state index contributed by atoms with van der Waals surface area (Å²) in [6, 6.07) is 9.87. The van der Waals surface area contributed by atoms with Crippen molar-refractivity contribution < 1.29 is 13.9 Å². The van der Waals surface area contributed by atoms with Crippen LogP contribution in [0.3, 0.4) is 0 Å². The predicted molar refractivity (Wildman–Crippen MR) is 95.1 cm³/mol. The Labute approximate surface area is 142 Å². The Bertz CT molecular complexity index is 814. The molecule has 0 atom stereocenters. The van der Waals surface area contributed by atoms with Gasteiger partial charge >= 0.3 is 5.97 Å². The maximum atomic E-state index is 11.6. The van der Waals surface area contributed by atoms with Crippen LogP contribution in [0, 0.1) is 6.92 Å². The number of allylic oxidation sites excluding steroid dienone is 1. The number of fused-ring (bicyclic) bond motifs is 1. The van der Waals surface area contributed by atoms with E-state index in [1.165, 1.54) is 29.5 Å². The molecule has 1 aromatic heterocycles. The lowest BCUT2D eigenvalue weighted by atomic mass is 9.87. The second-order valence-corrected chi connectivity index (χ2v) is 6.80. The Morgan fingerprint density at radius 3 is 2.67 bits per heavy atom. The number of ether oxygens (including phenoxy) is 1. The lowest BCUT2D eigenvalue weighted by molar-refractivity contribution is 0.0563. The quantitative estimate of drug-likeness (QED) is 0.775. The maximum absolute atomic E-state index is 11.6. The average molecular weight is 325 g/mol. The number of aryl methyl sites for hydroxylation is 1. The first-order chi connectivity index (χ1) is 11.3. The zero-order chi connectivity index (χ0) is 17.5. The van der Waals surface area contributed by atoms with Gasteiger partial charge in [0.1, 0.15) is 5.76 Å². The van der Waals surface area contributed by atoms with Gasteiger partial charge in [0.05, 0.1) is 19.2 Å². The Balaban J connectivity index is 2.01. The number of benzene rings is 1. The van der Waals surface area contributed by atoms with Crippen LogP contribution >= 0.6 is 0 Å². The van der Waals surface area contributed by atoms with E-state index in [2.05, 4.69) is 56.9 Å². The third kappa shape index (κ3) is 2.73. The van der Waals surface area contributed by atoms with Crippen molar-refractivity contribution >= 4 is 17.2 Å². The molecule has 0 saturated heterocycles. The summed E-state index contributed by atoms with van der Waals surface area (Å²) in [5.41, 5.74) is 4.83. The standard InChI is InChI=1S/C20H23NO3/c1-13-7-6-8-16-14(2)11-20(3,4)21(18(13)16)12-15-9-10-17(24-15)19(22)23-5/h6-11H,12H2,1-5H3. The van der Waals surface area contributed by atoms with Crippen molar-refractivity contribution in [3.8, 4) is 0 Å². The van der Waals surface area contributed by atoms with Gasteiger partial charge < -0.3 is 14.1 Å². The van der Waals surface area contributed by atoms with E-state index in [1.54, 1.807) is 6.07 Å². The first-order valence-corrected chi connectivity index (χ1v) is 8.07. The summed E-state index contributed by atoms with van der Waals surface area (Å²) < 4.78 is 10.4. The number of anilines is 1. The molecule has 24 heavy (non-hydrogen) atoms. The zero-order valence-corrected chi connectivity index (χ0v) is 14.8. The molecule has 0 saturated carbocycles. The van der Waals surface area contributed by atoms with Gasteiger partial charge in [0, 0.05) is 11.3 Å². The molecule has 0 radical (unpaired) electrons. The number of hydrogen-bond acceptors (Lipinski definition) is 4. The smallest absolute Gasteiger partial charge is 0.373 e. The molecule has 4 heteroatoms. The lowest BCUT2D eigenvalue weighted by Crippen LogP contribution is -2.44. The highest BCUT2D eigenvalue weighted by Gasteiger charge is 2.33. The van der Waals surface area contributed by atoms with E-state index < -0.39 is 5.97 Å². The molecule has 0 amide bonds. The Kier molecular flexibility index (Phi) is 3.99. The molecule has 1 aromatic carbocycles. The van der Waals surface area contributed by atoms with Crippen molar-refractivity contribution in [2.75, 3.05) is 12.0 Å². The Morgan fingerprint density at radius 1 is 1.21 bits per heavy atom. The molecule has 2 aromatic rings. The molecule has 0 spiro atoms. The highest BCUT2D eigenvalue weighted by Crippen LogP contribution is 2.41. The first kappa shape index (κ1) is 16.4. The minimum Gasteiger partial charge on any atom is -0.463 e. The summed E-state index contributed by atoms with van der Waals surface area (Å²) >= 11 is 0. The van der Waals surface area contributed by atoms with Gasteiger partial charge in [0.15, 0.2) is 0 Å².